The first kappa shape index (κ1) is 79.7. The van der Waals surface area contributed by atoms with E-state index >= 15 is 0 Å². The Bertz CT molecular complexity index is 3530. The molecule has 0 spiro atoms. The van der Waals surface area contributed by atoms with Gasteiger partial charge in [-0.25, -0.2) is 0 Å². The van der Waals surface area contributed by atoms with Crippen LogP contribution < -0.4 is 18.9 Å². The minimum Gasteiger partial charge on any atom is -0.468 e. The Morgan fingerprint density at radius 1 is 0.194 bits per heavy atom. The minimum atomic E-state index is 0.284. The summed E-state index contributed by atoms with van der Waals surface area (Å²) in [6, 6.07) is 65.4. The number of unbranched alkanes of at least 4 members (excludes halogenated alkanes) is 10. The fourth-order valence-electron chi connectivity index (χ4n) is 9.56. The second-order valence-corrected chi connectivity index (χ2v) is 23.4. The fraction of sp³-hybridized carbons (Fsp3) is 0.378. The summed E-state index contributed by atoms with van der Waals surface area (Å²) in [5.74, 6) is 28.8. The third-order valence-electron chi connectivity index (χ3n) is 15.5. The molecule has 0 aliphatic carbocycles. The van der Waals surface area contributed by atoms with E-state index in [9.17, 15) is 0 Å². The number of aryl methyl sites for hydroxylation is 4. The van der Waals surface area contributed by atoms with Crippen LogP contribution in [0, 0.1) is 47.4 Å². The molecule has 516 valence electrons. The third kappa shape index (κ3) is 36.4. The van der Waals surface area contributed by atoms with Gasteiger partial charge in [0.25, 0.3) is 0 Å². The van der Waals surface area contributed by atoms with Gasteiger partial charge in [0.05, 0.1) is 0 Å². The number of ether oxygens (including phenoxy) is 8. The van der Waals surface area contributed by atoms with Crippen LogP contribution in [0.4, 0.5) is 0 Å². The highest BCUT2D eigenvalue weighted by Gasteiger charge is 2.02. The summed E-state index contributed by atoms with van der Waals surface area (Å²) in [5.41, 5.74) is 13.7. The molecule has 0 atom stereocenters. The first-order valence-electron chi connectivity index (χ1n) is 35.9. The Kier molecular flexibility index (Phi) is 42.5. The van der Waals surface area contributed by atoms with Gasteiger partial charge in [0, 0.05) is 70.9 Å². The summed E-state index contributed by atoms with van der Waals surface area (Å²) in [7, 11) is 0. The molecule has 0 radical (unpaired) electrons. The molecule has 0 saturated carbocycles. The molecule has 8 heteroatoms. The molecule has 0 aliphatic rings. The molecule has 0 aromatic heterocycles. The summed E-state index contributed by atoms with van der Waals surface area (Å²) < 4.78 is 42.5. The normalized spacial score (nSPS) is 10.1. The van der Waals surface area contributed by atoms with Crippen LogP contribution in [0.15, 0.2) is 194 Å². The van der Waals surface area contributed by atoms with Crippen molar-refractivity contribution in [3.63, 3.8) is 0 Å². The largest absolute Gasteiger partial charge is 0.468 e. The van der Waals surface area contributed by atoms with Crippen molar-refractivity contribution in [2.75, 3.05) is 53.6 Å². The zero-order valence-corrected chi connectivity index (χ0v) is 60.1. The molecule has 8 aromatic carbocycles. The van der Waals surface area contributed by atoms with Crippen molar-refractivity contribution in [2.45, 2.75) is 171 Å². The van der Waals surface area contributed by atoms with Gasteiger partial charge >= 0.3 is 0 Å². The molecule has 0 unspecified atom stereocenters. The van der Waals surface area contributed by atoms with Crippen LogP contribution in [-0.4, -0.2) is 53.6 Å². The Labute approximate surface area is 590 Å². The van der Waals surface area contributed by atoms with Gasteiger partial charge in [0.1, 0.15) is 23.0 Å². The SMILES string of the molecule is CCCCCCCc1ccc(C#Cc2ccc(OCOCC)cc2)cc1.CCCCCCc1ccc(C#Cc2ccc(OCOCC)cc2)cc1.CCCCCc1ccc(C#Cc2ccc(OCOCC)cc2)cc1.CCCCc1ccc(C#Cc2ccc(OCOCC)cc2)cc1. The molecular weight excluding hydrogens is 1210 g/mol. The van der Waals surface area contributed by atoms with Crippen molar-refractivity contribution in [3.8, 4) is 70.4 Å². The first-order chi connectivity index (χ1) is 48.3. The standard InChI is InChI=1S/C24H30O2.C23H28O2.C22H26O2.C21H24O2/c1-3-5-6-7-8-9-21-10-12-22(13-11-21)14-15-23-16-18-24(19-17-23)26-20-25-4-2;1-3-5-6-7-8-20-9-11-21(12-10-20)13-14-22-15-17-23(18-16-22)25-19-24-4-2;1-3-5-6-7-19-8-10-20(11-9-19)12-13-21-14-16-22(17-15-21)24-18-23-4-2;1-3-5-6-18-7-9-19(10-8-18)11-12-20-13-15-21(16-14-20)23-17-22-4-2/h10-13,16-19H,3-9,20H2,1-2H3;9-12,15-18H,3-8,19H2,1-2H3;8-11,14-17H,3-7,18H2,1-2H3;7-10,13-16H,3-6,17H2,1-2H3. The molecule has 0 heterocycles. The van der Waals surface area contributed by atoms with E-state index in [0.717, 1.165) is 86.8 Å². The Morgan fingerprint density at radius 3 is 0.582 bits per heavy atom. The fourth-order valence-corrected chi connectivity index (χ4v) is 9.56. The molecule has 0 bridgehead atoms. The van der Waals surface area contributed by atoms with Crippen LogP contribution in [-0.2, 0) is 44.6 Å². The maximum atomic E-state index is 5.46. The molecule has 8 rings (SSSR count). The molecule has 0 amide bonds. The zero-order valence-electron chi connectivity index (χ0n) is 60.1. The van der Waals surface area contributed by atoms with Crippen LogP contribution in [0.3, 0.4) is 0 Å². The summed E-state index contributed by atoms with van der Waals surface area (Å²) in [5, 5.41) is 0. The molecule has 8 nitrogen and oxygen atoms in total. The Hall–Kier alpha value is -8.96. The molecule has 0 N–H and O–H groups in total. The predicted molar refractivity (Wildman–Crippen MR) is 406 cm³/mol. The molecule has 0 saturated heterocycles. The highest BCUT2D eigenvalue weighted by atomic mass is 16.7. The van der Waals surface area contributed by atoms with Crippen molar-refractivity contribution < 1.29 is 37.9 Å². The number of hydrogen-bond donors (Lipinski definition) is 0. The van der Waals surface area contributed by atoms with Gasteiger partial charge in [0.15, 0.2) is 27.2 Å². The van der Waals surface area contributed by atoms with Gasteiger partial charge in [-0.15, -0.1) is 0 Å². The monoisotopic (exact) mass is 1320 g/mol. The minimum absolute atomic E-state index is 0.284. The maximum absolute atomic E-state index is 5.46. The summed E-state index contributed by atoms with van der Waals surface area (Å²) >= 11 is 0. The lowest BCUT2D eigenvalue weighted by atomic mass is 10.0. The lowest BCUT2D eigenvalue weighted by molar-refractivity contribution is 0.0222. The quantitative estimate of drug-likeness (QED) is 0.0224. The first-order valence-corrected chi connectivity index (χ1v) is 35.9. The molecule has 0 fully saturated rings. The highest BCUT2D eigenvalue weighted by molar-refractivity contribution is 5.49. The van der Waals surface area contributed by atoms with E-state index < -0.39 is 0 Å². The topological polar surface area (TPSA) is 73.8 Å². The van der Waals surface area contributed by atoms with Crippen LogP contribution in [0.25, 0.3) is 0 Å². The van der Waals surface area contributed by atoms with E-state index in [2.05, 4.69) is 172 Å². The Morgan fingerprint density at radius 2 is 0.367 bits per heavy atom. The van der Waals surface area contributed by atoms with E-state index in [1.165, 1.54) is 119 Å². The smallest absolute Gasteiger partial charge is 0.189 e. The predicted octanol–water partition coefficient (Wildman–Crippen LogP) is 21.5. The lowest BCUT2D eigenvalue weighted by Crippen LogP contribution is -2.01. The van der Waals surface area contributed by atoms with Crippen molar-refractivity contribution in [1.82, 2.24) is 0 Å². The maximum Gasteiger partial charge on any atom is 0.189 e. The van der Waals surface area contributed by atoms with Crippen LogP contribution in [0.2, 0.25) is 0 Å². The summed E-state index contributed by atoms with van der Waals surface area (Å²) in [6.45, 7) is 20.5. The summed E-state index contributed by atoms with van der Waals surface area (Å²) in [6.07, 6.45) is 22.8. The van der Waals surface area contributed by atoms with Crippen LogP contribution >= 0.6 is 0 Å². The number of hydrogen-bond acceptors (Lipinski definition) is 8. The summed E-state index contributed by atoms with van der Waals surface area (Å²) in [4.78, 5) is 0. The van der Waals surface area contributed by atoms with Gasteiger partial charge in [-0.05, 0) is 247 Å². The second-order valence-electron chi connectivity index (χ2n) is 23.4. The number of benzene rings is 8. The van der Waals surface area contributed by atoms with E-state index in [4.69, 9.17) is 37.9 Å². The van der Waals surface area contributed by atoms with Gasteiger partial charge in [-0.2, -0.15) is 0 Å². The average Bonchev–Trinajstić information content (AvgIpc) is 1.94. The molecule has 8 aromatic rings. The van der Waals surface area contributed by atoms with Crippen LogP contribution in [0.5, 0.6) is 23.0 Å². The van der Waals surface area contributed by atoms with Gasteiger partial charge in [0.2, 0.25) is 0 Å². The zero-order chi connectivity index (χ0) is 69.6. The second kappa shape index (κ2) is 52.2. The average molecular weight is 1320 g/mol. The van der Waals surface area contributed by atoms with Gasteiger partial charge < -0.3 is 37.9 Å². The third-order valence-corrected chi connectivity index (χ3v) is 15.5. The van der Waals surface area contributed by atoms with E-state index in [1.807, 2.05) is 125 Å². The molecule has 0 aliphatic heterocycles. The molecular formula is C90H108O8. The van der Waals surface area contributed by atoms with E-state index in [0.29, 0.717) is 26.4 Å². The highest BCUT2D eigenvalue weighted by Crippen LogP contribution is 2.18. The van der Waals surface area contributed by atoms with Crippen molar-refractivity contribution in [3.05, 3.63) is 261 Å². The van der Waals surface area contributed by atoms with E-state index in [1.54, 1.807) is 0 Å². The number of rotatable bonds is 34. The van der Waals surface area contributed by atoms with Crippen LogP contribution in [0.1, 0.15) is 212 Å². The van der Waals surface area contributed by atoms with E-state index in [-0.39, 0.29) is 27.2 Å². The van der Waals surface area contributed by atoms with Gasteiger partial charge in [-0.3, -0.25) is 0 Å². The van der Waals surface area contributed by atoms with Crippen molar-refractivity contribution in [1.29, 1.82) is 0 Å². The lowest BCUT2D eigenvalue weighted by Gasteiger charge is -2.05. The van der Waals surface area contributed by atoms with Gasteiger partial charge in [-0.1, -0.05) is 188 Å². The van der Waals surface area contributed by atoms with Crippen molar-refractivity contribution >= 4 is 0 Å². The molecule has 98 heavy (non-hydrogen) atoms. The Balaban J connectivity index is 0.000000236. The van der Waals surface area contributed by atoms with Crippen molar-refractivity contribution in [2.24, 2.45) is 0 Å².